The third-order valence-corrected chi connectivity index (χ3v) is 5.86. The predicted octanol–water partition coefficient (Wildman–Crippen LogP) is 3.06. The molecule has 1 aromatic carbocycles. The van der Waals surface area contributed by atoms with Crippen LogP contribution in [0.15, 0.2) is 36.7 Å². The molecular formula is C16H13F3N4O2S. The largest absolute Gasteiger partial charge is 0.431 e. The van der Waals surface area contributed by atoms with Gasteiger partial charge in [0.2, 0.25) is 0 Å². The summed E-state index contributed by atoms with van der Waals surface area (Å²) in [6.07, 6.45) is -3.41. The second kappa shape index (κ2) is 5.70. The maximum Gasteiger partial charge on any atom is 0.431 e. The normalized spacial score (nSPS) is 19.3. The first-order valence-corrected chi connectivity index (χ1v) is 9.51. The minimum atomic E-state index is -4.54. The van der Waals surface area contributed by atoms with Crippen LogP contribution in [-0.4, -0.2) is 29.1 Å². The molecule has 1 aliphatic rings. The predicted molar refractivity (Wildman–Crippen MR) is 89.2 cm³/mol. The number of hydrogen-bond acceptors (Lipinski definition) is 5. The molecule has 3 heterocycles. The molecule has 0 amide bonds. The Labute approximate surface area is 146 Å². The zero-order valence-corrected chi connectivity index (χ0v) is 14.0. The standard InChI is InChI=1S/C16H13F3N4O2S/c17-16(18,19)13-5-11-14(20-8-21-15(11)23-13)22-12-7-26(24,25)6-9-3-1-2-4-10(9)12/h1-5,8,12H,6-7H2,(H2,20,21,22,23). The Morgan fingerprint density at radius 3 is 2.73 bits per heavy atom. The fourth-order valence-corrected chi connectivity index (χ4v) is 4.76. The van der Waals surface area contributed by atoms with Crippen molar-refractivity contribution >= 4 is 26.7 Å². The van der Waals surface area contributed by atoms with Crippen molar-refractivity contribution in [2.45, 2.75) is 18.0 Å². The number of nitrogens with one attached hydrogen (secondary N) is 2. The van der Waals surface area contributed by atoms with Gasteiger partial charge in [0.05, 0.1) is 22.9 Å². The SMILES string of the molecule is O=S1(=O)Cc2ccccc2C(Nc2ncnc3[nH]c(C(F)(F)F)cc23)C1. The summed E-state index contributed by atoms with van der Waals surface area (Å²) in [4.78, 5) is 10.0. The van der Waals surface area contributed by atoms with E-state index in [1.54, 1.807) is 24.3 Å². The summed E-state index contributed by atoms with van der Waals surface area (Å²) in [6.45, 7) is 0. The van der Waals surface area contributed by atoms with Crippen LogP contribution in [0.1, 0.15) is 22.9 Å². The average molecular weight is 382 g/mol. The maximum absolute atomic E-state index is 12.9. The number of hydrogen-bond donors (Lipinski definition) is 2. The van der Waals surface area contributed by atoms with E-state index in [-0.39, 0.29) is 28.4 Å². The number of rotatable bonds is 2. The third-order valence-electron chi connectivity index (χ3n) is 4.27. The van der Waals surface area contributed by atoms with Gasteiger partial charge in [0.25, 0.3) is 0 Å². The Morgan fingerprint density at radius 1 is 1.19 bits per heavy atom. The minimum absolute atomic E-state index is 0.0294. The van der Waals surface area contributed by atoms with Crippen LogP contribution < -0.4 is 5.32 Å². The molecule has 1 aliphatic heterocycles. The summed E-state index contributed by atoms with van der Waals surface area (Å²) >= 11 is 0. The molecule has 2 aromatic heterocycles. The smallest absolute Gasteiger partial charge is 0.362 e. The number of benzene rings is 1. The summed E-state index contributed by atoms with van der Waals surface area (Å²) in [5, 5.41) is 3.14. The molecule has 0 fully saturated rings. The van der Waals surface area contributed by atoms with E-state index in [1.165, 1.54) is 0 Å². The number of H-pyrrole nitrogens is 1. The summed E-state index contributed by atoms with van der Waals surface area (Å²) in [5.74, 6) is -0.0618. The molecule has 2 N–H and O–H groups in total. The minimum Gasteiger partial charge on any atom is -0.362 e. The van der Waals surface area contributed by atoms with Crippen LogP contribution in [0.4, 0.5) is 19.0 Å². The van der Waals surface area contributed by atoms with Crippen molar-refractivity contribution in [2.75, 3.05) is 11.1 Å². The number of aromatic nitrogens is 3. The summed E-state index contributed by atoms with van der Waals surface area (Å²) in [5.41, 5.74) is 0.557. The highest BCUT2D eigenvalue weighted by molar-refractivity contribution is 7.90. The maximum atomic E-state index is 12.9. The van der Waals surface area contributed by atoms with Gasteiger partial charge in [-0.05, 0) is 17.2 Å². The molecule has 0 aliphatic carbocycles. The van der Waals surface area contributed by atoms with Gasteiger partial charge in [-0.1, -0.05) is 24.3 Å². The Bertz CT molecular complexity index is 1090. The van der Waals surface area contributed by atoms with Gasteiger partial charge < -0.3 is 10.3 Å². The Kier molecular flexibility index (Phi) is 3.69. The first kappa shape index (κ1) is 16.8. The molecule has 0 spiro atoms. The van der Waals surface area contributed by atoms with Crippen LogP contribution in [0.5, 0.6) is 0 Å². The summed E-state index contributed by atoms with van der Waals surface area (Å²) in [7, 11) is -3.33. The van der Waals surface area contributed by atoms with E-state index in [9.17, 15) is 21.6 Å². The summed E-state index contributed by atoms with van der Waals surface area (Å²) < 4.78 is 63.2. The highest BCUT2D eigenvalue weighted by atomic mass is 32.2. The molecule has 136 valence electrons. The molecule has 0 bridgehead atoms. The van der Waals surface area contributed by atoms with Gasteiger partial charge in [-0.25, -0.2) is 18.4 Å². The van der Waals surface area contributed by atoms with E-state index < -0.39 is 27.7 Å². The fraction of sp³-hybridized carbons (Fsp3) is 0.250. The second-order valence-corrected chi connectivity index (χ2v) is 8.22. The highest BCUT2D eigenvalue weighted by Gasteiger charge is 2.34. The Hall–Kier alpha value is -2.62. The molecule has 3 aromatic rings. The molecule has 10 heteroatoms. The van der Waals surface area contributed by atoms with Gasteiger partial charge in [0.1, 0.15) is 23.5 Å². The number of aromatic amines is 1. The zero-order chi connectivity index (χ0) is 18.5. The Morgan fingerprint density at radius 2 is 1.96 bits per heavy atom. The van der Waals surface area contributed by atoms with Crippen LogP contribution in [0.25, 0.3) is 11.0 Å². The number of fused-ring (bicyclic) bond motifs is 2. The van der Waals surface area contributed by atoms with Crippen LogP contribution in [-0.2, 0) is 21.8 Å². The van der Waals surface area contributed by atoms with Gasteiger partial charge in [-0.15, -0.1) is 0 Å². The molecular weight excluding hydrogens is 369 g/mol. The first-order chi connectivity index (χ1) is 12.2. The van der Waals surface area contributed by atoms with E-state index in [0.717, 1.165) is 18.0 Å². The van der Waals surface area contributed by atoms with Gasteiger partial charge in [0.15, 0.2) is 9.84 Å². The van der Waals surface area contributed by atoms with E-state index in [2.05, 4.69) is 20.3 Å². The van der Waals surface area contributed by atoms with Crippen LogP contribution in [0.3, 0.4) is 0 Å². The lowest BCUT2D eigenvalue weighted by Gasteiger charge is -2.26. The van der Waals surface area contributed by atoms with Crippen molar-refractivity contribution < 1.29 is 21.6 Å². The molecule has 0 saturated carbocycles. The Balaban J connectivity index is 1.77. The van der Waals surface area contributed by atoms with Gasteiger partial charge in [0, 0.05) is 0 Å². The van der Waals surface area contributed by atoms with E-state index in [0.29, 0.717) is 5.56 Å². The molecule has 1 unspecified atom stereocenters. The summed E-state index contributed by atoms with van der Waals surface area (Å²) in [6, 6.07) is 7.39. The van der Waals surface area contributed by atoms with Crippen molar-refractivity contribution in [1.29, 1.82) is 0 Å². The van der Waals surface area contributed by atoms with Crippen LogP contribution in [0, 0.1) is 0 Å². The van der Waals surface area contributed by atoms with E-state index in [4.69, 9.17) is 0 Å². The monoisotopic (exact) mass is 382 g/mol. The molecule has 6 nitrogen and oxygen atoms in total. The van der Waals surface area contributed by atoms with E-state index >= 15 is 0 Å². The topological polar surface area (TPSA) is 87.7 Å². The van der Waals surface area contributed by atoms with Crippen LogP contribution >= 0.6 is 0 Å². The first-order valence-electron chi connectivity index (χ1n) is 7.69. The average Bonchev–Trinajstić information content (AvgIpc) is 2.99. The van der Waals surface area contributed by atoms with Crippen molar-refractivity contribution in [3.63, 3.8) is 0 Å². The van der Waals surface area contributed by atoms with Crippen molar-refractivity contribution in [3.05, 3.63) is 53.5 Å². The van der Waals surface area contributed by atoms with Crippen LogP contribution in [0.2, 0.25) is 0 Å². The molecule has 26 heavy (non-hydrogen) atoms. The number of alkyl halides is 3. The number of nitrogens with zero attached hydrogens (tertiary/aromatic N) is 2. The number of halogens is 3. The molecule has 4 rings (SSSR count). The second-order valence-electron chi connectivity index (χ2n) is 6.12. The lowest BCUT2D eigenvalue weighted by molar-refractivity contribution is -0.140. The molecule has 0 radical (unpaired) electrons. The van der Waals surface area contributed by atoms with Gasteiger partial charge in [-0.2, -0.15) is 13.2 Å². The van der Waals surface area contributed by atoms with Gasteiger partial charge in [-0.3, -0.25) is 0 Å². The van der Waals surface area contributed by atoms with Crippen molar-refractivity contribution in [2.24, 2.45) is 0 Å². The van der Waals surface area contributed by atoms with Crippen molar-refractivity contribution in [3.8, 4) is 0 Å². The zero-order valence-electron chi connectivity index (χ0n) is 13.2. The van der Waals surface area contributed by atoms with Gasteiger partial charge >= 0.3 is 6.18 Å². The molecule has 1 atom stereocenters. The number of sulfone groups is 1. The van der Waals surface area contributed by atoms with Crippen molar-refractivity contribution in [1.82, 2.24) is 15.0 Å². The van der Waals surface area contributed by atoms with E-state index in [1.807, 2.05) is 0 Å². The fourth-order valence-electron chi connectivity index (χ4n) is 3.14. The number of anilines is 1. The third kappa shape index (κ3) is 3.00. The lowest BCUT2D eigenvalue weighted by atomic mass is 10.0. The quantitative estimate of drug-likeness (QED) is 0.711. The lowest BCUT2D eigenvalue weighted by Crippen LogP contribution is -2.28. The molecule has 0 saturated heterocycles. The highest BCUT2D eigenvalue weighted by Crippen LogP contribution is 2.35.